The molecule has 0 aliphatic carbocycles. The van der Waals surface area contributed by atoms with Crippen molar-refractivity contribution in [3.05, 3.63) is 42.2 Å². The van der Waals surface area contributed by atoms with Gasteiger partial charge in [0.2, 0.25) is 5.95 Å². The predicted molar refractivity (Wildman–Crippen MR) is 87.5 cm³/mol. The third kappa shape index (κ3) is 3.35. The zero-order valence-corrected chi connectivity index (χ0v) is 12.6. The molecular formula is C16H16FN5O. The summed E-state index contributed by atoms with van der Waals surface area (Å²) >= 11 is 0. The minimum atomic E-state index is -0.285. The number of nitrogens with two attached hydrogens (primary N) is 1. The molecule has 118 valence electrons. The maximum atomic E-state index is 13.1. The molecule has 2 heterocycles. The Morgan fingerprint density at radius 1 is 1.09 bits per heavy atom. The first-order valence-electron chi connectivity index (χ1n) is 7.10. The van der Waals surface area contributed by atoms with Crippen molar-refractivity contribution in [1.82, 2.24) is 15.0 Å². The Hall–Kier alpha value is -2.80. The van der Waals surface area contributed by atoms with Gasteiger partial charge >= 0.3 is 0 Å². The van der Waals surface area contributed by atoms with Crippen molar-refractivity contribution < 1.29 is 9.13 Å². The smallest absolute Gasteiger partial charge is 0.222 e. The van der Waals surface area contributed by atoms with E-state index in [1.807, 2.05) is 12.1 Å². The molecule has 0 fully saturated rings. The molecule has 0 spiro atoms. The van der Waals surface area contributed by atoms with Gasteiger partial charge < -0.3 is 15.8 Å². The van der Waals surface area contributed by atoms with Crippen LogP contribution in [-0.4, -0.2) is 35.2 Å². The fourth-order valence-electron chi connectivity index (χ4n) is 2.21. The van der Waals surface area contributed by atoms with Crippen molar-refractivity contribution in [2.75, 3.05) is 31.3 Å². The number of methoxy groups -OCH3 is 1. The van der Waals surface area contributed by atoms with Gasteiger partial charge in [0, 0.05) is 19.2 Å². The van der Waals surface area contributed by atoms with Gasteiger partial charge in [0.05, 0.1) is 17.8 Å². The number of nitrogens with zero attached hydrogens (tertiary/aromatic N) is 3. The average Bonchev–Trinajstić information content (AvgIpc) is 2.55. The van der Waals surface area contributed by atoms with Gasteiger partial charge in [-0.2, -0.15) is 4.98 Å². The van der Waals surface area contributed by atoms with E-state index in [1.54, 1.807) is 19.2 Å². The second-order valence-corrected chi connectivity index (χ2v) is 4.92. The van der Waals surface area contributed by atoms with Crippen molar-refractivity contribution in [2.24, 2.45) is 0 Å². The summed E-state index contributed by atoms with van der Waals surface area (Å²) < 4.78 is 18.1. The lowest BCUT2D eigenvalue weighted by Crippen LogP contribution is -2.11. The quantitative estimate of drug-likeness (QED) is 0.704. The zero-order chi connectivity index (χ0) is 16.2. The van der Waals surface area contributed by atoms with Gasteiger partial charge in [-0.3, -0.25) is 0 Å². The number of hydrogen-bond acceptors (Lipinski definition) is 6. The number of fused-ring (bicyclic) bond motifs is 1. The molecule has 3 aromatic rings. The first kappa shape index (κ1) is 15.1. The molecular weight excluding hydrogens is 297 g/mol. The number of hydrogen-bond donors (Lipinski definition) is 2. The van der Waals surface area contributed by atoms with E-state index in [0.717, 1.165) is 5.56 Å². The fourth-order valence-corrected chi connectivity index (χ4v) is 2.21. The number of aromatic nitrogens is 3. The van der Waals surface area contributed by atoms with Crippen molar-refractivity contribution in [1.29, 1.82) is 0 Å². The van der Waals surface area contributed by atoms with Gasteiger partial charge in [-0.25, -0.2) is 14.4 Å². The predicted octanol–water partition coefficient (Wildman–Crippen LogP) is 2.47. The molecule has 7 heteroatoms. The van der Waals surface area contributed by atoms with Crippen LogP contribution in [0.4, 0.5) is 16.2 Å². The lowest BCUT2D eigenvalue weighted by atomic mass is 10.1. The minimum Gasteiger partial charge on any atom is -0.383 e. The van der Waals surface area contributed by atoms with Crippen LogP contribution in [0.5, 0.6) is 0 Å². The summed E-state index contributed by atoms with van der Waals surface area (Å²) in [7, 11) is 1.62. The lowest BCUT2D eigenvalue weighted by Gasteiger charge is -2.10. The number of pyridine rings is 1. The molecule has 1 aromatic carbocycles. The van der Waals surface area contributed by atoms with Gasteiger partial charge in [0.1, 0.15) is 11.3 Å². The highest BCUT2D eigenvalue weighted by Crippen LogP contribution is 2.24. The molecule has 0 saturated heterocycles. The molecule has 0 bridgehead atoms. The molecule has 3 rings (SSSR count). The van der Waals surface area contributed by atoms with Gasteiger partial charge in [-0.1, -0.05) is 0 Å². The van der Waals surface area contributed by atoms with E-state index in [9.17, 15) is 4.39 Å². The van der Waals surface area contributed by atoms with Crippen molar-refractivity contribution in [2.45, 2.75) is 0 Å². The largest absolute Gasteiger partial charge is 0.383 e. The molecule has 23 heavy (non-hydrogen) atoms. The number of rotatable bonds is 5. The van der Waals surface area contributed by atoms with Crippen LogP contribution in [0.25, 0.3) is 22.3 Å². The number of nitrogens with one attached hydrogen (secondary N) is 1. The van der Waals surface area contributed by atoms with Gasteiger partial charge in [0.15, 0.2) is 5.82 Å². The van der Waals surface area contributed by atoms with Crippen LogP contribution in [0.15, 0.2) is 36.4 Å². The van der Waals surface area contributed by atoms with Crippen LogP contribution in [0.3, 0.4) is 0 Å². The molecule has 0 radical (unpaired) electrons. The fraction of sp³-hybridized carbons (Fsp3) is 0.188. The highest BCUT2D eigenvalue weighted by Gasteiger charge is 2.09. The van der Waals surface area contributed by atoms with E-state index in [0.29, 0.717) is 35.7 Å². The van der Waals surface area contributed by atoms with E-state index in [2.05, 4.69) is 20.3 Å². The Bertz CT molecular complexity index is 823. The number of ether oxygens (including phenoxy) is 1. The van der Waals surface area contributed by atoms with Gasteiger partial charge in [0.25, 0.3) is 0 Å². The molecule has 0 unspecified atom stereocenters. The monoisotopic (exact) mass is 313 g/mol. The van der Waals surface area contributed by atoms with E-state index < -0.39 is 0 Å². The van der Waals surface area contributed by atoms with Crippen molar-refractivity contribution in [3.8, 4) is 11.3 Å². The number of benzene rings is 1. The highest BCUT2D eigenvalue weighted by atomic mass is 19.1. The third-order valence-corrected chi connectivity index (χ3v) is 3.30. The van der Waals surface area contributed by atoms with E-state index in [1.165, 1.54) is 12.1 Å². The Balaban J connectivity index is 2.04. The molecule has 0 atom stereocenters. The standard InChI is InChI=1S/C16H16FN5O/c1-23-9-8-19-15-14-13(21-16(18)22-15)7-6-12(20-14)10-2-4-11(17)5-3-10/h2-7H,8-9H2,1H3,(H3,18,19,21,22). The number of halogens is 1. The molecule has 0 aliphatic rings. The second kappa shape index (κ2) is 6.53. The van der Waals surface area contributed by atoms with Crippen LogP contribution in [0, 0.1) is 5.82 Å². The van der Waals surface area contributed by atoms with E-state index >= 15 is 0 Å². The summed E-state index contributed by atoms with van der Waals surface area (Å²) in [6.07, 6.45) is 0. The lowest BCUT2D eigenvalue weighted by molar-refractivity contribution is 0.210. The van der Waals surface area contributed by atoms with Crippen molar-refractivity contribution >= 4 is 22.8 Å². The SMILES string of the molecule is COCCNc1nc(N)nc2ccc(-c3ccc(F)cc3)nc12. The Morgan fingerprint density at radius 3 is 2.61 bits per heavy atom. The second-order valence-electron chi connectivity index (χ2n) is 4.92. The summed E-state index contributed by atoms with van der Waals surface area (Å²) in [4.78, 5) is 13.0. The Labute approximate surface area is 132 Å². The molecule has 0 amide bonds. The zero-order valence-electron chi connectivity index (χ0n) is 12.6. The Kier molecular flexibility index (Phi) is 4.29. The summed E-state index contributed by atoms with van der Waals surface area (Å²) in [5, 5.41) is 3.14. The summed E-state index contributed by atoms with van der Waals surface area (Å²) in [5.74, 6) is 0.440. The average molecular weight is 313 g/mol. The van der Waals surface area contributed by atoms with Crippen LogP contribution in [0.2, 0.25) is 0 Å². The topological polar surface area (TPSA) is 86.0 Å². The van der Waals surface area contributed by atoms with E-state index in [4.69, 9.17) is 10.5 Å². The van der Waals surface area contributed by atoms with Gasteiger partial charge in [-0.15, -0.1) is 0 Å². The molecule has 3 N–H and O–H groups in total. The highest BCUT2D eigenvalue weighted by molar-refractivity contribution is 5.88. The van der Waals surface area contributed by atoms with Crippen LogP contribution in [-0.2, 0) is 4.74 Å². The molecule has 0 aliphatic heterocycles. The molecule has 6 nitrogen and oxygen atoms in total. The van der Waals surface area contributed by atoms with Crippen LogP contribution < -0.4 is 11.1 Å². The Morgan fingerprint density at radius 2 is 1.87 bits per heavy atom. The number of anilines is 2. The normalized spacial score (nSPS) is 10.9. The maximum absolute atomic E-state index is 13.1. The molecule has 0 saturated carbocycles. The van der Waals surface area contributed by atoms with Crippen LogP contribution >= 0.6 is 0 Å². The first-order valence-corrected chi connectivity index (χ1v) is 7.10. The number of nitrogen functional groups attached to an aromatic ring is 1. The van der Waals surface area contributed by atoms with Gasteiger partial charge in [-0.05, 0) is 36.4 Å². The molecule has 2 aromatic heterocycles. The third-order valence-electron chi connectivity index (χ3n) is 3.30. The van der Waals surface area contributed by atoms with E-state index in [-0.39, 0.29) is 11.8 Å². The van der Waals surface area contributed by atoms with Crippen molar-refractivity contribution in [3.63, 3.8) is 0 Å². The summed E-state index contributed by atoms with van der Waals surface area (Å²) in [6, 6.07) is 9.80. The van der Waals surface area contributed by atoms with Crippen LogP contribution in [0.1, 0.15) is 0 Å². The summed E-state index contributed by atoms with van der Waals surface area (Å²) in [6.45, 7) is 1.10. The minimum absolute atomic E-state index is 0.175. The summed E-state index contributed by atoms with van der Waals surface area (Å²) in [5.41, 5.74) is 8.50. The maximum Gasteiger partial charge on any atom is 0.222 e. The first-order chi connectivity index (χ1) is 11.2.